The van der Waals surface area contributed by atoms with Crippen molar-refractivity contribution in [3.8, 4) is 11.6 Å². The smallest absolute Gasteiger partial charge is 0.388 e. The molecule has 2 aromatic rings. The molecule has 0 unspecified atom stereocenters. The van der Waals surface area contributed by atoms with Crippen LogP contribution in [0.1, 0.15) is 11.1 Å². The van der Waals surface area contributed by atoms with E-state index in [0.717, 1.165) is 28.0 Å². The van der Waals surface area contributed by atoms with Crippen LogP contribution in [-0.4, -0.2) is 0 Å². The molecule has 74 valence electrons. The van der Waals surface area contributed by atoms with Gasteiger partial charge in [0.05, 0.1) is 5.56 Å². The first-order valence-corrected chi connectivity index (χ1v) is 4.81. The average molecular weight is 199 g/mol. The van der Waals surface area contributed by atoms with Crippen molar-refractivity contribution in [2.45, 2.75) is 6.42 Å². The van der Waals surface area contributed by atoms with Crippen LogP contribution in [0.2, 0.25) is 0 Å². The van der Waals surface area contributed by atoms with Crippen molar-refractivity contribution in [3.63, 3.8) is 0 Å². The van der Waals surface area contributed by atoms with Crippen LogP contribution in [0.25, 0.3) is 0 Å². The Hall–Kier alpha value is -2.03. The van der Waals surface area contributed by atoms with Gasteiger partial charge in [-0.3, -0.25) is 0 Å². The van der Waals surface area contributed by atoms with E-state index in [4.69, 9.17) is 4.74 Å². The monoisotopic (exact) mass is 199 g/mol. The van der Waals surface area contributed by atoms with Gasteiger partial charge >= 0.3 is 5.88 Å². The first kappa shape index (κ1) is 8.29. The molecule has 1 aromatic carbocycles. The second kappa shape index (κ2) is 2.98. The minimum atomic E-state index is 0.399. The summed E-state index contributed by atoms with van der Waals surface area (Å²) in [6.07, 6.45) is 2.21. The lowest BCUT2D eigenvalue weighted by molar-refractivity contribution is -0.611. The van der Waals surface area contributed by atoms with Gasteiger partial charge < -0.3 is 9.94 Å². The fourth-order valence-electron chi connectivity index (χ4n) is 1.82. The summed E-state index contributed by atoms with van der Waals surface area (Å²) in [6.45, 7) is 0. The van der Waals surface area contributed by atoms with Crippen LogP contribution >= 0.6 is 0 Å². The molecule has 0 N–H and O–H groups in total. The summed E-state index contributed by atoms with van der Waals surface area (Å²) in [5, 5.41) is 11.5. The summed E-state index contributed by atoms with van der Waals surface area (Å²) >= 11 is 0. The maximum absolute atomic E-state index is 11.5. The summed E-state index contributed by atoms with van der Waals surface area (Å²) in [5.74, 6) is 1.18. The molecule has 0 spiro atoms. The van der Waals surface area contributed by atoms with Crippen molar-refractivity contribution in [2.24, 2.45) is 0 Å². The van der Waals surface area contributed by atoms with Gasteiger partial charge in [0.2, 0.25) is 0 Å². The van der Waals surface area contributed by atoms with Crippen LogP contribution in [-0.2, 0) is 6.42 Å². The summed E-state index contributed by atoms with van der Waals surface area (Å²) in [4.78, 5) is 0. The molecule has 0 saturated heterocycles. The summed E-state index contributed by atoms with van der Waals surface area (Å²) < 4.78 is 6.33. The molecule has 0 saturated carbocycles. The third kappa shape index (κ3) is 1.24. The van der Waals surface area contributed by atoms with Gasteiger partial charge in [0.25, 0.3) is 0 Å². The molecule has 0 atom stereocenters. The lowest BCUT2D eigenvalue weighted by Gasteiger charge is -2.17. The molecule has 3 nitrogen and oxygen atoms in total. The van der Waals surface area contributed by atoms with E-state index >= 15 is 0 Å². The van der Waals surface area contributed by atoms with Gasteiger partial charge in [0, 0.05) is 12.5 Å². The van der Waals surface area contributed by atoms with Gasteiger partial charge in [-0.1, -0.05) is 18.2 Å². The van der Waals surface area contributed by atoms with E-state index in [-0.39, 0.29) is 0 Å². The van der Waals surface area contributed by atoms with Crippen LogP contribution in [0.5, 0.6) is 11.6 Å². The number of aromatic nitrogens is 1. The molecule has 2 heterocycles. The third-order valence-electron chi connectivity index (χ3n) is 2.55. The molecule has 0 fully saturated rings. The molecule has 1 aromatic heterocycles. The lowest BCUT2D eigenvalue weighted by Crippen LogP contribution is -2.30. The Bertz CT molecular complexity index is 523. The Kier molecular flexibility index (Phi) is 1.65. The molecule has 0 amide bonds. The number of benzene rings is 1. The number of pyridine rings is 1. The fraction of sp³-hybridized carbons (Fsp3) is 0.0833. The molecule has 15 heavy (non-hydrogen) atoms. The van der Waals surface area contributed by atoms with Crippen molar-refractivity contribution in [1.29, 1.82) is 0 Å². The molecule has 3 heteroatoms. The molecule has 1 aliphatic rings. The van der Waals surface area contributed by atoms with Crippen LogP contribution < -0.4 is 9.47 Å². The van der Waals surface area contributed by atoms with Gasteiger partial charge in [-0.05, 0) is 17.7 Å². The summed E-state index contributed by atoms with van der Waals surface area (Å²) in [7, 11) is 0. The fourth-order valence-corrected chi connectivity index (χ4v) is 1.82. The highest BCUT2D eigenvalue weighted by Crippen LogP contribution is 2.33. The Labute approximate surface area is 87.1 Å². The minimum Gasteiger partial charge on any atom is -0.616 e. The number of rotatable bonds is 0. The minimum absolute atomic E-state index is 0.399. The Morgan fingerprint density at radius 2 is 1.87 bits per heavy atom. The largest absolute Gasteiger partial charge is 0.616 e. The quantitative estimate of drug-likeness (QED) is 0.410. The normalized spacial score (nSPS) is 12.5. The Morgan fingerprint density at radius 1 is 1.07 bits per heavy atom. The van der Waals surface area contributed by atoms with Gasteiger partial charge in [0.15, 0.2) is 6.20 Å². The van der Waals surface area contributed by atoms with Crippen molar-refractivity contribution in [3.05, 3.63) is 58.9 Å². The van der Waals surface area contributed by atoms with Gasteiger partial charge in [-0.2, -0.15) is 0 Å². The molecule has 0 bridgehead atoms. The Balaban J connectivity index is 2.15. The van der Waals surface area contributed by atoms with E-state index in [9.17, 15) is 5.21 Å². The highest BCUT2D eigenvalue weighted by molar-refractivity contribution is 5.44. The SMILES string of the molecule is [O-][n+]1cccc2c1Oc1ccccc1C2. The number of hydrogen-bond donors (Lipinski definition) is 0. The second-order valence-electron chi connectivity index (χ2n) is 3.55. The first-order chi connectivity index (χ1) is 7.34. The molecule has 0 aliphatic carbocycles. The van der Waals surface area contributed by atoms with E-state index in [0.29, 0.717) is 5.88 Å². The first-order valence-electron chi connectivity index (χ1n) is 4.81. The van der Waals surface area contributed by atoms with Crippen LogP contribution in [0.4, 0.5) is 0 Å². The van der Waals surface area contributed by atoms with E-state index in [2.05, 4.69) is 0 Å². The highest BCUT2D eigenvalue weighted by atomic mass is 16.6. The maximum Gasteiger partial charge on any atom is 0.388 e. The van der Waals surface area contributed by atoms with Gasteiger partial charge in [-0.25, -0.2) is 0 Å². The zero-order valence-electron chi connectivity index (χ0n) is 8.01. The Morgan fingerprint density at radius 3 is 2.80 bits per heavy atom. The maximum atomic E-state index is 11.5. The summed E-state index contributed by atoms with van der Waals surface area (Å²) in [6, 6.07) is 11.4. The van der Waals surface area contributed by atoms with E-state index in [1.165, 1.54) is 6.20 Å². The van der Waals surface area contributed by atoms with Gasteiger partial charge in [0.1, 0.15) is 5.75 Å². The van der Waals surface area contributed by atoms with Crippen molar-refractivity contribution in [1.82, 2.24) is 0 Å². The molecule has 0 radical (unpaired) electrons. The van der Waals surface area contributed by atoms with Gasteiger partial charge in [-0.15, -0.1) is 4.73 Å². The predicted octanol–water partition coefficient (Wildman–Crippen LogP) is 2.02. The standard InChI is InChI=1S/C12H9NO2/c14-13-7-3-5-10-8-9-4-1-2-6-11(9)15-12(10)13/h1-7H,8H2. The zero-order chi connectivity index (χ0) is 10.3. The molecular formula is C12H9NO2. The number of para-hydroxylation sites is 1. The number of fused-ring (bicyclic) bond motifs is 2. The van der Waals surface area contributed by atoms with E-state index in [1.807, 2.05) is 30.3 Å². The number of hydrogen-bond acceptors (Lipinski definition) is 2. The predicted molar refractivity (Wildman–Crippen MR) is 54.7 cm³/mol. The van der Waals surface area contributed by atoms with E-state index < -0.39 is 0 Å². The average Bonchev–Trinajstić information content (AvgIpc) is 2.27. The zero-order valence-corrected chi connectivity index (χ0v) is 8.01. The molecule has 3 rings (SSSR count). The topological polar surface area (TPSA) is 36.2 Å². The lowest BCUT2D eigenvalue weighted by atomic mass is 10.0. The number of nitrogens with zero attached hydrogens (tertiary/aromatic N) is 1. The van der Waals surface area contributed by atoms with E-state index in [1.54, 1.807) is 6.07 Å². The summed E-state index contributed by atoms with van der Waals surface area (Å²) in [5.41, 5.74) is 2.06. The van der Waals surface area contributed by atoms with Crippen LogP contribution in [0.15, 0.2) is 42.6 Å². The van der Waals surface area contributed by atoms with Crippen molar-refractivity contribution < 1.29 is 9.47 Å². The highest BCUT2D eigenvalue weighted by Gasteiger charge is 2.22. The number of ether oxygens (including phenoxy) is 1. The van der Waals surface area contributed by atoms with Crippen LogP contribution in [0.3, 0.4) is 0 Å². The molecule has 1 aliphatic heterocycles. The van der Waals surface area contributed by atoms with Crippen LogP contribution in [0, 0.1) is 5.21 Å². The van der Waals surface area contributed by atoms with Crippen molar-refractivity contribution in [2.75, 3.05) is 0 Å². The molecular weight excluding hydrogens is 190 g/mol. The third-order valence-corrected chi connectivity index (χ3v) is 2.55. The second-order valence-corrected chi connectivity index (χ2v) is 3.55. The van der Waals surface area contributed by atoms with Crippen molar-refractivity contribution >= 4 is 0 Å².